The number of aromatic nitrogens is 5. The average Bonchev–Trinajstić information content (AvgIpc) is 3.93. The molecule has 0 N–H and O–H groups in total. The van der Waals surface area contributed by atoms with Crippen molar-refractivity contribution in [1.82, 2.24) is 24.1 Å². The van der Waals surface area contributed by atoms with Gasteiger partial charge in [0.25, 0.3) is 0 Å². The number of nitrogens with zero attached hydrogens (tertiary/aromatic N) is 5. The molecule has 0 fully saturated rings. The minimum Gasteiger partial charge on any atom is -0.307 e. The van der Waals surface area contributed by atoms with E-state index in [9.17, 15) is 0 Å². The van der Waals surface area contributed by atoms with Crippen LogP contribution in [-0.2, 0) is 0 Å². The van der Waals surface area contributed by atoms with Gasteiger partial charge in [0.2, 0.25) is 5.95 Å². The quantitative estimate of drug-likeness (QED) is 0.122. The van der Waals surface area contributed by atoms with E-state index < -0.39 is 0 Å². The largest absolute Gasteiger partial charge is 0.307 e. The molecule has 0 bridgehead atoms. The van der Waals surface area contributed by atoms with Gasteiger partial charge in [-0.15, -0.1) is 0 Å². The second-order valence-electron chi connectivity index (χ2n) is 17.7. The van der Waals surface area contributed by atoms with Gasteiger partial charge in [-0.2, -0.15) is 9.97 Å². The van der Waals surface area contributed by atoms with Crippen LogP contribution in [0.4, 0.5) is 0 Å². The fourth-order valence-electron chi connectivity index (χ4n) is 10.3. The van der Waals surface area contributed by atoms with E-state index in [1.165, 1.54) is 63.5 Å². The molecule has 1 atom stereocenters. The molecule has 322 valence electrons. The number of benzene rings is 8. The highest BCUT2D eigenvalue weighted by atomic mass is 15.2. The van der Waals surface area contributed by atoms with Crippen LogP contribution in [0, 0.1) is 0 Å². The monoisotopic (exact) mass is 863 g/mol. The van der Waals surface area contributed by atoms with E-state index in [4.69, 9.17) is 15.0 Å². The molecule has 3 heterocycles. The van der Waals surface area contributed by atoms with E-state index >= 15 is 0 Å². The number of fused-ring (bicyclic) bond motifs is 7. The van der Waals surface area contributed by atoms with Crippen molar-refractivity contribution in [2.24, 2.45) is 0 Å². The fraction of sp³-hybridized carbons (Fsp3) is 0.113. The molecule has 12 rings (SSSR count). The lowest BCUT2D eigenvalue weighted by Gasteiger charge is -2.22. The normalized spacial score (nSPS) is 13.8. The predicted octanol–water partition coefficient (Wildman–Crippen LogP) is 16.3. The molecule has 3 aromatic heterocycles. The van der Waals surface area contributed by atoms with Crippen LogP contribution in [-0.4, -0.2) is 24.1 Å². The lowest BCUT2D eigenvalue weighted by molar-refractivity contribution is 0.711. The van der Waals surface area contributed by atoms with Crippen LogP contribution in [0.1, 0.15) is 50.5 Å². The standard InChI is InChI=1S/C62H49N5/c1-2-3-6-18-42-31-33-45(34-32-42)50-25-11-14-28-55(50)66-56-29-15-12-26-51(56)53-39-40-54-52-27-13-16-30-57(52)67(59(54)58(53)66)62-64-60(46-21-9-5-10-22-46)63-61(65-62)47-37-35-44(36-38-47)49-24-17-23-48(41-49)43-19-7-4-8-20-43/h4-5,7-17,19-33,35-41,45H,2-3,6,18,34H2,1H3. The lowest BCUT2D eigenvalue weighted by Crippen LogP contribution is -2.08. The van der Waals surface area contributed by atoms with E-state index in [0.29, 0.717) is 17.6 Å². The molecule has 0 saturated carbocycles. The first-order chi connectivity index (χ1) is 33.2. The third kappa shape index (κ3) is 7.33. The SMILES string of the molecule is CCCCCC1=CCC(c2ccccc2-n2c3ccccc3c3ccc4c5ccccc5n(-c5nc(-c6ccccc6)nc(-c6ccc(-c7cccc(-c8ccccc8)c7)cc6)n5)c4c32)C=C1. The first-order valence-electron chi connectivity index (χ1n) is 23.7. The van der Waals surface area contributed by atoms with Crippen molar-refractivity contribution in [3.05, 3.63) is 223 Å². The molecule has 0 aliphatic heterocycles. The number of hydrogen-bond donors (Lipinski definition) is 0. The van der Waals surface area contributed by atoms with Gasteiger partial charge < -0.3 is 4.57 Å². The van der Waals surface area contributed by atoms with Crippen molar-refractivity contribution in [2.45, 2.75) is 44.9 Å². The Balaban J connectivity index is 1.06. The Labute approximate surface area is 391 Å². The number of unbranched alkanes of at least 4 members (excludes halogenated alkanes) is 2. The van der Waals surface area contributed by atoms with Crippen LogP contribution in [0.15, 0.2) is 218 Å². The zero-order valence-corrected chi connectivity index (χ0v) is 37.6. The molecule has 5 nitrogen and oxygen atoms in total. The zero-order valence-electron chi connectivity index (χ0n) is 37.6. The summed E-state index contributed by atoms with van der Waals surface area (Å²) in [5, 5.41) is 4.68. The van der Waals surface area contributed by atoms with Crippen molar-refractivity contribution in [1.29, 1.82) is 0 Å². The molecule has 0 spiro atoms. The maximum Gasteiger partial charge on any atom is 0.238 e. The predicted molar refractivity (Wildman–Crippen MR) is 279 cm³/mol. The van der Waals surface area contributed by atoms with Crippen LogP contribution in [0.2, 0.25) is 0 Å². The minimum atomic E-state index is 0.256. The van der Waals surface area contributed by atoms with Gasteiger partial charge in [-0.25, -0.2) is 4.98 Å². The van der Waals surface area contributed by atoms with E-state index in [1.807, 2.05) is 18.2 Å². The third-order valence-electron chi connectivity index (χ3n) is 13.6. The zero-order chi connectivity index (χ0) is 44.7. The molecule has 1 aliphatic rings. The summed E-state index contributed by atoms with van der Waals surface area (Å²) in [7, 11) is 0. The Morgan fingerprint density at radius 3 is 1.66 bits per heavy atom. The summed E-state index contributed by atoms with van der Waals surface area (Å²) in [5.41, 5.74) is 14.9. The average molecular weight is 864 g/mol. The van der Waals surface area contributed by atoms with Crippen molar-refractivity contribution in [3.63, 3.8) is 0 Å². The Hall–Kier alpha value is -8.15. The van der Waals surface area contributed by atoms with Gasteiger partial charge in [-0.1, -0.05) is 213 Å². The molecule has 1 unspecified atom stereocenters. The van der Waals surface area contributed by atoms with Crippen LogP contribution >= 0.6 is 0 Å². The molecule has 0 amide bonds. The van der Waals surface area contributed by atoms with Crippen LogP contribution in [0.5, 0.6) is 0 Å². The summed E-state index contributed by atoms with van der Waals surface area (Å²) >= 11 is 0. The van der Waals surface area contributed by atoms with Crippen molar-refractivity contribution in [2.75, 3.05) is 0 Å². The summed E-state index contributed by atoms with van der Waals surface area (Å²) in [4.78, 5) is 16.0. The van der Waals surface area contributed by atoms with Gasteiger partial charge in [-0.3, -0.25) is 4.57 Å². The lowest BCUT2D eigenvalue weighted by atomic mass is 9.88. The van der Waals surface area contributed by atoms with Crippen LogP contribution in [0.25, 0.3) is 100 Å². The first-order valence-corrected chi connectivity index (χ1v) is 23.7. The molecular weight excluding hydrogens is 815 g/mol. The van der Waals surface area contributed by atoms with E-state index in [0.717, 1.165) is 62.4 Å². The molecule has 67 heavy (non-hydrogen) atoms. The summed E-state index contributed by atoms with van der Waals surface area (Å²) in [6.45, 7) is 2.27. The van der Waals surface area contributed by atoms with Gasteiger partial charge in [-0.05, 0) is 71.3 Å². The maximum atomic E-state index is 5.43. The smallest absolute Gasteiger partial charge is 0.238 e. The van der Waals surface area contributed by atoms with Crippen molar-refractivity contribution >= 4 is 43.6 Å². The van der Waals surface area contributed by atoms with Crippen molar-refractivity contribution in [3.8, 4) is 56.7 Å². The Morgan fingerprint density at radius 2 is 1.00 bits per heavy atom. The summed E-state index contributed by atoms with van der Waals surface area (Å²) in [6.07, 6.45) is 13.2. The van der Waals surface area contributed by atoms with Crippen molar-refractivity contribution < 1.29 is 0 Å². The summed E-state index contributed by atoms with van der Waals surface area (Å²) < 4.78 is 4.80. The van der Waals surface area contributed by atoms with Crippen LogP contribution < -0.4 is 0 Å². The third-order valence-corrected chi connectivity index (χ3v) is 13.6. The molecule has 8 aromatic carbocycles. The van der Waals surface area contributed by atoms with Gasteiger partial charge >= 0.3 is 0 Å². The van der Waals surface area contributed by atoms with E-state index in [1.54, 1.807) is 0 Å². The fourth-order valence-corrected chi connectivity index (χ4v) is 10.3. The Morgan fingerprint density at radius 1 is 0.463 bits per heavy atom. The number of para-hydroxylation sites is 3. The summed E-state index contributed by atoms with van der Waals surface area (Å²) in [5.74, 6) is 2.06. The number of hydrogen-bond acceptors (Lipinski definition) is 3. The highest BCUT2D eigenvalue weighted by Gasteiger charge is 2.25. The first kappa shape index (κ1) is 40.4. The number of rotatable bonds is 11. The van der Waals surface area contributed by atoms with Gasteiger partial charge in [0.1, 0.15) is 0 Å². The van der Waals surface area contributed by atoms with Gasteiger partial charge in [0.05, 0.1) is 27.8 Å². The second kappa shape index (κ2) is 17.3. The molecule has 5 heteroatoms. The maximum absolute atomic E-state index is 5.43. The van der Waals surface area contributed by atoms with Crippen LogP contribution in [0.3, 0.4) is 0 Å². The van der Waals surface area contributed by atoms with Gasteiger partial charge in [0, 0.05) is 38.6 Å². The second-order valence-corrected chi connectivity index (χ2v) is 17.7. The summed E-state index contributed by atoms with van der Waals surface area (Å²) in [6, 6.07) is 69.3. The Kier molecular flexibility index (Phi) is 10.4. The highest BCUT2D eigenvalue weighted by molar-refractivity contribution is 6.23. The molecule has 1 aliphatic carbocycles. The van der Waals surface area contributed by atoms with E-state index in [-0.39, 0.29) is 5.92 Å². The van der Waals surface area contributed by atoms with E-state index in [2.05, 4.69) is 210 Å². The molecule has 11 aromatic rings. The molecule has 0 saturated heterocycles. The van der Waals surface area contributed by atoms with Gasteiger partial charge in [0.15, 0.2) is 11.6 Å². The molecule has 0 radical (unpaired) electrons. The molecular formula is C62H49N5. The highest BCUT2D eigenvalue weighted by Crippen LogP contribution is 2.43. The number of allylic oxidation sites excluding steroid dienone is 4. The minimum absolute atomic E-state index is 0.256. The Bertz CT molecular complexity index is 3670. The topological polar surface area (TPSA) is 48.5 Å².